The number of nitrogens with zero attached hydrogens (tertiary/aromatic N) is 1. The smallest absolute Gasteiger partial charge is 0.243 e. The first-order valence-corrected chi connectivity index (χ1v) is 12.4. The van der Waals surface area contributed by atoms with Gasteiger partial charge in [-0.2, -0.15) is 0 Å². The second-order valence-corrected chi connectivity index (χ2v) is 10.5. The van der Waals surface area contributed by atoms with E-state index in [1.807, 2.05) is 0 Å². The van der Waals surface area contributed by atoms with Gasteiger partial charge in [0.25, 0.3) is 0 Å². The lowest BCUT2D eigenvalue weighted by molar-refractivity contribution is -0.126. The van der Waals surface area contributed by atoms with Crippen LogP contribution < -0.4 is 25.0 Å². The zero-order chi connectivity index (χ0) is 25.8. The minimum atomic E-state index is -1.87. The van der Waals surface area contributed by atoms with Crippen molar-refractivity contribution in [2.75, 3.05) is 28.5 Å². The number of carbonyl (C=O) groups excluding carboxylic acids is 3. The molecule has 0 saturated carbocycles. The Morgan fingerprint density at radius 3 is 2.37 bits per heavy atom. The van der Waals surface area contributed by atoms with Gasteiger partial charge < -0.3 is 20.1 Å². The predicted molar refractivity (Wildman–Crippen MR) is 130 cm³/mol. The number of rotatable bonds is 8. The van der Waals surface area contributed by atoms with Gasteiger partial charge in [-0.15, -0.1) is 0 Å². The minimum Gasteiger partial charge on any atom is -0.454 e. The number of ether oxygens (including phenoxy) is 2. The fourth-order valence-electron chi connectivity index (χ4n) is 3.35. The number of hydrogen-bond donors (Lipinski definition) is 2. The highest BCUT2D eigenvalue weighted by Gasteiger charge is 2.30. The zero-order valence-electron chi connectivity index (χ0n) is 19.9. The Labute approximate surface area is 205 Å². The quantitative estimate of drug-likeness (QED) is 0.570. The Morgan fingerprint density at radius 2 is 1.71 bits per heavy atom. The molecular weight excluding hydrogens is 477 g/mol. The van der Waals surface area contributed by atoms with Crippen molar-refractivity contribution < 1.29 is 32.5 Å². The van der Waals surface area contributed by atoms with Gasteiger partial charge in [0.1, 0.15) is 23.4 Å². The molecule has 1 heterocycles. The van der Waals surface area contributed by atoms with E-state index in [1.165, 1.54) is 31.2 Å². The molecule has 2 N–H and O–H groups in total. The van der Waals surface area contributed by atoms with Gasteiger partial charge in [0.2, 0.25) is 24.5 Å². The van der Waals surface area contributed by atoms with E-state index in [9.17, 15) is 23.0 Å². The number of fused-ring (bicyclic) bond motifs is 1. The van der Waals surface area contributed by atoms with Crippen molar-refractivity contribution in [2.24, 2.45) is 0 Å². The third-order valence-electron chi connectivity index (χ3n) is 4.87. The Balaban J connectivity index is 1.67. The topological polar surface area (TPSA) is 114 Å². The minimum absolute atomic E-state index is 0.0929. The van der Waals surface area contributed by atoms with Crippen LogP contribution in [0.4, 0.5) is 15.8 Å². The summed E-state index contributed by atoms with van der Waals surface area (Å²) in [7, 11) is -1.87. The van der Waals surface area contributed by atoms with Crippen LogP contribution in [-0.4, -0.2) is 51.8 Å². The van der Waals surface area contributed by atoms with E-state index in [2.05, 4.69) is 10.6 Å². The Morgan fingerprint density at radius 1 is 1.06 bits per heavy atom. The standard InChI is InChI=1S/C24H28FN3O6S/c1-15(23(31)27-24(2,3)4)28(18-8-5-16(25)6-9-18)22(30)13-35(32)12-21(29)26-17-7-10-19-20(11-17)34-14-33-19/h5-11,15H,12-14H2,1-4H3,(H,26,29)(H,27,31)/t15-,35-/m1/s1. The molecular formula is C24H28FN3O6S. The maximum atomic E-state index is 13.4. The molecule has 2 aromatic rings. The second kappa shape index (κ2) is 10.9. The van der Waals surface area contributed by atoms with Crippen LogP contribution >= 0.6 is 0 Å². The molecule has 0 aliphatic carbocycles. The van der Waals surface area contributed by atoms with Gasteiger partial charge in [-0.1, -0.05) is 0 Å². The summed E-state index contributed by atoms with van der Waals surface area (Å²) in [4.78, 5) is 39.4. The SMILES string of the molecule is C[C@H](C(=O)NC(C)(C)C)N(C(=O)C[S@](=O)CC(=O)Nc1ccc2c(c1)OCO2)c1ccc(F)cc1. The highest BCUT2D eigenvalue weighted by atomic mass is 32.2. The Kier molecular flexibility index (Phi) is 8.11. The molecule has 1 aliphatic heterocycles. The Bertz CT molecular complexity index is 1130. The van der Waals surface area contributed by atoms with E-state index < -0.39 is 57.4 Å². The van der Waals surface area contributed by atoms with Crippen molar-refractivity contribution >= 4 is 39.9 Å². The maximum Gasteiger partial charge on any atom is 0.243 e. The van der Waals surface area contributed by atoms with Crippen LogP contribution in [0.15, 0.2) is 42.5 Å². The van der Waals surface area contributed by atoms with E-state index in [-0.39, 0.29) is 12.5 Å². The molecule has 0 radical (unpaired) electrons. The monoisotopic (exact) mass is 505 g/mol. The van der Waals surface area contributed by atoms with Crippen LogP contribution in [0.3, 0.4) is 0 Å². The molecule has 35 heavy (non-hydrogen) atoms. The number of anilines is 2. The van der Waals surface area contributed by atoms with Crippen LogP contribution in [0.1, 0.15) is 27.7 Å². The van der Waals surface area contributed by atoms with Crippen molar-refractivity contribution in [3.63, 3.8) is 0 Å². The average Bonchev–Trinajstić information content (AvgIpc) is 3.21. The third-order valence-corrected chi connectivity index (χ3v) is 6.02. The molecule has 2 atom stereocenters. The molecule has 9 nitrogen and oxygen atoms in total. The van der Waals surface area contributed by atoms with Crippen molar-refractivity contribution in [3.05, 3.63) is 48.3 Å². The first-order valence-electron chi connectivity index (χ1n) is 10.9. The maximum absolute atomic E-state index is 13.4. The number of carbonyl (C=O) groups is 3. The van der Waals surface area contributed by atoms with E-state index in [4.69, 9.17) is 9.47 Å². The zero-order valence-corrected chi connectivity index (χ0v) is 20.7. The summed E-state index contributed by atoms with van der Waals surface area (Å²) >= 11 is 0. The average molecular weight is 506 g/mol. The summed E-state index contributed by atoms with van der Waals surface area (Å²) in [6, 6.07) is 8.94. The van der Waals surface area contributed by atoms with Crippen LogP contribution in [0.2, 0.25) is 0 Å². The molecule has 0 aromatic heterocycles. The van der Waals surface area contributed by atoms with Gasteiger partial charge in [0, 0.05) is 33.8 Å². The van der Waals surface area contributed by atoms with Crippen molar-refractivity contribution in [3.8, 4) is 11.5 Å². The lowest BCUT2D eigenvalue weighted by atomic mass is 10.1. The fourth-order valence-corrected chi connectivity index (χ4v) is 4.23. The van der Waals surface area contributed by atoms with E-state index >= 15 is 0 Å². The lowest BCUT2D eigenvalue weighted by Crippen LogP contribution is -2.53. The number of hydrogen-bond acceptors (Lipinski definition) is 6. The van der Waals surface area contributed by atoms with Gasteiger partial charge >= 0.3 is 0 Å². The van der Waals surface area contributed by atoms with Crippen molar-refractivity contribution in [1.29, 1.82) is 0 Å². The number of amides is 3. The number of nitrogens with one attached hydrogen (secondary N) is 2. The molecule has 0 fully saturated rings. The molecule has 3 amide bonds. The van der Waals surface area contributed by atoms with Crippen LogP contribution in [-0.2, 0) is 25.2 Å². The molecule has 0 saturated heterocycles. The summed E-state index contributed by atoms with van der Waals surface area (Å²) in [6.07, 6.45) is 0. The molecule has 1 aliphatic rings. The molecule has 0 spiro atoms. The molecule has 3 rings (SSSR count). The molecule has 0 bridgehead atoms. The normalized spacial score (nSPS) is 14.1. The van der Waals surface area contributed by atoms with Gasteiger partial charge in [-0.05, 0) is 64.1 Å². The van der Waals surface area contributed by atoms with E-state index in [0.29, 0.717) is 17.2 Å². The Hall–Kier alpha value is -3.47. The summed E-state index contributed by atoms with van der Waals surface area (Å²) in [5.41, 5.74) is 0.163. The molecule has 0 unspecified atom stereocenters. The molecule has 188 valence electrons. The highest BCUT2D eigenvalue weighted by Crippen LogP contribution is 2.34. The summed E-state index contributed by atoms with van der Waals surface area (Å²) in [5, 5.41) is 5.41. The van der Waals surface area contributed by atoms with Gasteiger partial charge in [0.05, 0.1) is 0 Å². The summed E-state index contributed by atoms with van der Waals surface area (Å²) < 4.78 is 36.6. The van der Waals surface area contributed by atoms with Gasteiger partial charge in [-0.25, -0.2) is 4.39 Å². The summed E-state index contributed by atoms with van der Waals surface area (Å²) in [5.74, 6) is -2.01. The van der Waals surface area contributed by atoms with Crippen LogP contribution in [0, 0.1) is 5.82 Å². The first kappa shape index (κ1) is 26.1. The number of benzene rings is 2. The van der Waals surface area contributed by atoms with Gasteiger partial charge in [-0.3, -0.25) is 23.5 Å². The fraction of sp³-hybridized carbons (Fsp3) is 0.375. The highest BCUT2D eigenvalue weighted by molar-refractivity contribution is 7.86. The lowest BCUT2D eigenvalue weighted by Gasteiger charge is -2.31. The largest absolute Gasteiger partial charge is 0.454 e. The first-order chi connectivity index (χ1) is 16.4. The van der Waals surface area contributed by atoms with E-state index in [1.54, 1.807) is 39.0 Å². The number of halogens is 1. The van der Waals surface area contributed by atoms with E-state index in [0.717, 1.165) is 4.90 Å². The van der Waals surface area contributed by atoms with Gasteiger partial charge in [0.15, 0.2) is 11.5 Å². The predicted octanol–water partition coefficient (Wildman–Crippen LogP) is 2.58. The van der Waals surface area contributed by atoms with Crippen molar-refractivity contribution in [2.45, 2.75) is 39.3 Å². The third kappa shape index (κ3) is 7.25. The van der Waals surface area contributed by atoms with Crippen LogP contribution in [0.5, 0.6) is 11.5 Å². The summed E-state index contributed by atoms with van der Waals surface area (Å²) in [6.45, 7) is 7.02. The van der Waals surface area contributed by atoms with Crippen molar-refractivity contribution in [1.82, 2.24) is 5.32 Å². The van der Waals surface area contributed by atoms with Crippen LogP contribution in [0.25, 0.3) is 0 Å². The second-order valence-electron chi connectivity index (χ2n) is 9.00. The molecule has 11 heteroatoms. The molecule has 2 aromatic carbocycles.